The lowest BCUT2D eigenvalue weighted by Gasteiger charge is -2.18. The molecule has 2 aromatic heterocycles. The van der Waals surface area contributed by atoms with E-state index >= 15 is 0 Å². The van der Waals surface area contributed by atoms with Gasteiger partial charge in [-0.25, -0.2) is 27.7 Å². The van der Waals surface area contributed by atoms with Crippen LogP contribution >= 0.6 is 11.3 Å². The molecule has 4 aromatic rings. The molecule has 0 unspecified atom stereocenters. The summed E-state index contributed by atoms with van der Waals surface area (Å²) in [5, 5.41) is 3.20. The maximum absolute atomic E-state index is 13.0. The van der Waals surface area contributed by atoms with Crippen LogP contribution in [0, 0.1) is 6.92 Å². The monoisotopic (exact) mass is 453 g/mol. The average molecular weight is 454 g/mol. The zero-order chi connectivity index (χ0) is 22.2. The molecule has 0 radical (unpaired) electrons. The largest absolute Gasteiger partial charge is 0.302 e. The Balaban J connectivity index is 1.68. The molecule has 0 fully saturated rings. The number of sulfonamides is 1. The molecule has 0 aliphatic carbocycles. The lowest BCUT2D eigenvalue weighted by Crippen LogP contribution is -2.28. The molecule has 0 saturated heterocycles. The summed E-state index contributed by atoms with van der Waals surface area (Å²) in [6.07, 6.45) is 1.53. The van der Waals surface area contributed by atoms with Crippen molar-refractivity contribution in [3.05, 3.63) is 60.3 Å². The highest BCUT2D eigenvalue weighted by molar-refractivity contribution is 7.92. The summed E-state index contributed by atoms with van der Waals surface area (Å²) in [6, 6.07) is 14.0. The molecule has 0 bridgehead atoms. The Morgan fingerprint density at radius 1 is 1.10 bits per heavy atom. The van der Waals surface area contributed by atoms with E-state index in [0.717, 1.165) is 25.6 Å². The first-order valence-electron chi connectivity index (χ1n) is 9.31. The van der Waals surface area contributed by atoms with Crippen LogP contribution in [0.3, 0.4) is 0 Å². The smallest absolute Gasteiger partial charge is 0.266 e. The van der Waals surface area contributed by atoms with Crippen molar-refractivity contribution in [1.29, 1.82) is 0 Å². The predicted octanol–water partition coefficient (Wildman–Crippen LogP) is 3.85. The number of fused-ring (bicyclic) bond motifs is 1. The van der Waals surface area contributed by atoms with Crippen molar-refractivity contribution in [2.75, 3.05) is 16.7 Å². The third-order valence-corrected chi connectivity index (χ3v) is 7.21. The van der Waals surface area contributed by atoms with Crippen LogP contribution in [0.15, 0.2) is 59.6 Å². The molecule has 1 amide bonds. The molecular formula is C21H19N5O3S2. The van der Waals surface area contributed by atoms with Gasteiger partial charge in [-0.2, -0.15) is 0 Å². The SMILES string of the molecule is CC(=O)Nc1nc2ccc(-c3ccnc(N(C)S(=O)(=O)c4cccc(C)c4)n3)cc2s1. The second-order valence-electron chi connectivity index (χ2n) is 6.91. The molecule has 158 valence electrons. The van der Waals surface area contributed by atoms with Gasteiger partial charge in [0.15, 0.2) is 5.13 Å². The maximum atomic E-state index is 13.0. The van der Waals surface area contributed by atoms with Gasteiger partial charge in [-0.3, -0.25) is 4.79 Å². The zero-order valence-corrected chi connectivity index (χ0v) is 18.7. The number of aryl methyl sites for hydroxylation is 1. The van der Waals surface area contributed by atoms with Crippen LogP contribution in [-0.4, -0.2) is 36.3 Å². The molecule has 2 aromatic carbocycles. The lowest BCUT2D eigenvalue weighted by atomic mass is 10.1. The fraction of sp³-hybridized carbons (Fsp3) is 0.143. The third-order valence-electron chi connectivity index (χ3n) is 4.54. The Kier molecular flexibility index (Phi) is 5.42. The number of amides is 1. The highest BCUT2D eigenvalue weighted by Crippen LogP contribution is 2.30. The second-order valence-corrected chi connectivity index (χ2v) is 9.91. The lowest BCUT2D eigenvalue weighted by molar-refractivity contribution is -0.114. The van der Waals surface area contributed by atoms with Crippen LogP contribution in [0.25, 0.3) is 21.5 Å². The summed E-state index contributed by atoms with van der Waals surface area (Å²) in [4.78, 5) is 24.4. The van der Waals surface area contributed by atoms with Gasteiger partial charge in [0, 0.05) is 25.7 Å². The Hall–Kier alpha value is -3.37. The van der Waals surface area contributed by atoms with Crippen LogP contribution in [0.4, 0.5) is 11.1 Å². The van der Waals surface area contributed by atoms with Crippen molar-refractivity contribution in [2.24, 2.45) is 0 Å². The van der Waals surface area contributed by atoms with Crippen LogP contribution in [-0.2, 0) is 14.8 Å². The minimum absolute atomic E-state index is 0.0716. The summed E-state index contributed by atoms with van der Waals surface area (Å²) in [5.41, 5.74) is 2.97. The van der Waals surface area contributed by atoms with E-state index in [-0.39, 0.29) is 16.8 Å². The van der Waals surface area contributed by atoms with Gasteiger partial charge in [0.05, 0.1) is 20.8 Å². The number of carbonyl (C=O) groups excluding carboxylic acids is 1. The van der Waals surface area contributed by atoms with Gasteiger partial charge >= 0.3 is 0 Å². The van der Waals surface area contributed by atoms with E-state index in [4.69, 9.17) is 0 Å². The number of thiazole rings is 1. The summed E-state index contributed by atoms with van der Waals surface area (Å²) < 4.78 is 28.0. The number of carbonyl (C=O) groups is 1. The standard InChI is InChI=1S/C21H19N5O3S2/c1-13-5-4-6-16(11-13)31(28,29)26(3)20-22-10-9-17(24-20)15-7-8-18-19(12-15)30-21(25-18)23-14(2)27/h4-12H,1-3H3,(H,23,25,27). The highest BCUT2D eigenvalue weighted by atomic mass is 32.2. The van der Waals surface area contributed by atoms with E-state index in [9.17, 15) is 13.2 Å². The Morgan fingerprint density at radius 2 is 1.90 bits per heavy atom. The van der Waals surface area contributed by atoms with E-state index in [0.29, 0.717) is 10.8 Å². The molecule has 4 rings (SSSR count). The molecular weight excluding hydrogens is 434 g/mol. The molecule has 0 aliphatic heterocycles. The van der Waals surface area contributed by atoms with E-state index in [1.807, 2.05) is 31.2 Å². The van der Waals surface area contributed by atoms with Gasteiger partial charge in [0.1, 0.15) is 0 Å². The second kappa shape index (κ2) is 8.05. The first-order valence-corrected chi connectivity index (χ1v) is 11.6. The number of nitrogens with one attached hydrogen (secondary N) is 1. The van der Waals surface area contributed by atoms with E-state index in [1.165, 1.54) is 31.5 Å². The molecule has 8 nitrogen and oxygen atoms in total. The maximum Gasteiger partial charge on any atom is 0.266 e. The summed E-state index contributed by atoms with van der Waals surface area (Å²) in [6.45, 7) is 3.27. The van der Waals surface area contributed by atoms with E-state index in [1.54, 1.807) is 24.3 Å². The van der Waals surface area contributed by atoms with Crippen molar-refractivity contribution in [3.8, 4) is 11.3 Å². The molecule has 1 N–H and O–H groups in total. The third kappa shape index (κ3) is 4.25. The zero-order valence-electron chi connectivity index (χ0n) is 17.0. The molecule has 0 saturated carbocycles. The van der Waals surface area contributed by atoms with Crippen LogP contribution < -0.4 is 9.62 Å². The molecule has 31 heavy (non-hydrogen) atoms. The summed E-state index contributed by atoms with van der Waals surface area (Å²) in [7, 11) is -2.36. The van der Waals surface area contributed by atoms with Crippen molar-refractivity contribution < 1.29 is 13.2 Å². The average Bonchev–Trinajstić information content (AvgIpc) is 3.14. The van der Waals surface area contributed by atoms with Gasteiger partial charge in [0.25, 0.3) is 10.0 Å². The summed E-state index contributed by atoms with van der Waals surface area (Å²) in [5.74, 6) is -0.111. The Morgan fingerprint density at radius 3 is 2.65 bits per heavy atom. The minimum atomic E-state index is -3.80. The first kappa shape index (κ1) is 20.9. The Labute approximate surface area is 183 Å². The highest BCUT2D eigenvalue weighted by Gasteiger charge is 2.23. The molecule has 0 aliphatic rings. The molecule has 2 heterocycles. The quantitative estimate of drug-likeness (QED) is 0.492. The normalized spacial score (nSPS) is 11.5. The number of nitrogens with zero attached hydrogens (tertiary/aromatic N) is 4. The van der Waals surface area contributed by atoms with E-state index < -0.39 is 10.0 Å². The van der Waals surface area contributed by atoms with Crippen molar-refractivity contribution >= 4 is 48.6 Å². The van der Waals surface area contributed by atoms with Crippen LogP contribution in [0.5, 0.6) is 0 Å². The van der Waals surface area contributed by atoms with Crippen molar-refractivity contribution in [1.82, 2.24) is 15.0 Å². The topological polar surface area (TPSA) is 105 Å². The van der Waals surface area contributed by atoms with Crippen LogP contribution in [0.2, 0.25) is 0 Å². The van der Waals surface area contributed by atoms with Crippen molar-refractivity contribution in [2.45, 2.75) is 18.7 Å². The van der Waals surface area contributed by atoms with Gasteiger partial charge < -0.3 is 5.32 Å². The molecule has 0 spiro atoms. The molecule has 10 heteroatoms. The van der Waals surface area contributed by atoms with Crippen molar-refractivity contribution in [3.63, 3.8) is 0 Å². The number of rotatable bonds is 5. The predicted molar refractivity (Wildman–Crippen MR) is 122 cm³/mol. The number of benzene rings is 2. The number of hydrogen-bond donors (Lipinski definition) is 1. The van der Waals surface area contributed by atoms with Gasteiger partial charge in [0.2, 0.25) is 11.9 Å². The molecule has 0 atom stereocenters. The van der Waals surface area contributed by atoms with Gasteiger partial charge in [-0.05, 0) is 42.8 Å². The van der Waals surface area contributed by atoms with Gasteiger partial charge in [-0.15, -0.1) is 0 Å². The first-order chi connectivity index (χ1) is 14.7. The number of aromatic nitrogens is 3. The minimum Gasteiger partial charge on any atom is -0.302 e. The number of anilines is 2. The fourth-order valence-electron chi connectivity index (χ4n) is 2.99. The summed E-state index contributed by atoms with van der Waals surface area (Å²) >= 11 is 1.36. The Bertz CT molecular complexity index is 1400. The fourth-order valence-corrected chi connectivity index (χ4v) is 5.15. The van der Waals surface area contributed by atoms with Crippen LogP contribution in [0.1, 0.15) is 12.5 Å². The van der Waals surface area contributed by atoms with Gasteiger partial charge in [-0.1, -0.05) is 29.5 Å². The number of hydrogen-bond acceptors (Lipinski definition) is 7. The van der Waals surface area contributed by atoms with E-state index in [2.05, 4.69) is 20.3 Å².